The second kappa shape index (κ2) is 9.49. The van der Waals surface area contributed by atoms with Crippen LogP contribution in [0, 0.1) is 0 Å². The predicted octanol–water partition coefficient (Wildman–Crippen LogP) is 7.80. The lowest BCUT2D eigenvalue weighted by Gasteiger charge is -2.16. The lowest BCUT2D eigenvalue weighted by molar-refractivity contribution is 0.503. The van der Waals surface area contributed by atoms with Crippen molar-refractivity contribution in [3.63, 3.8) is 0 Å². The molecule has 172 valence electrons. The van der Waals surface area contributed by atoms with Crippen LogP contribution in [-0.4, -0.2) is 13.0 Å². The predicted molar refractivity (Wildman–Crippen MR) is 142 cm³/mol. The first-order valence-corrected chi connectivity index (χ1v) is 14.4. The van der Waals surface area contributed by atoms with Crippen molar-refractivity contribution in [3.8, 4) is 11.1 Å². The molecule has 1 N–H and O–H groups in total. The van der Waals surface area contributed by atoms with E-state index in [2.05, 4.69) is 70.2 Å². The molecule has 4 rings (SSSR count). The van der Waals surface area contributed by atoms with Crippen LogP contribution in [0.25, 0.3) is 32.7 Å². The third kappa shape index (κ3) is 4.81. The van der Waals surface area contributed by atoms with Crippen LogP contribution in [0.15, 0.2) is 59.5 Å². The molecular formula is C28H30O3S2. The molecule has 0 saturated carbocycles. The number of fused-ring (bicyclic) bond motifs is 2. The summed E-state index contributed by atoms with van der Waals surface area (Å²) in [6.45, 7) is 8.65. The molecule has 0 heterocycles. The summed E-state index contributed by atoms with van der Waals surface area (Å²) in [4.78, 5) is 0.538. The average Bonchev–Trinajstić information content (AvgIpc) is 2.80. The van der Waals surface area contributed by atoms with E-state index in [4.69, 9.17) is 0 Å². The Morgan fingerprint density at radius 3 is 1.76 bits per heavy atom. The maximum Gasteiger partial charge on any atom is 0.324 e. The van der Waals surface area contributed by atoms with Gasteiger partial charge in [0, 0.05) is 21.3 Å². The minimum Gasteiger partial charge on any atom is -0.277 e. The zero-order chi connectivity index (χ0) is 23.8. The van der Waals surface area contributed by atoms with Crippen LogP contribution in [0.5, 0.6) is 0 Å². The van der Waals surface area contributed by atoms with Crippen LogP contribution in [0.4, 0.5) is 0 Å². The Kier molecular flexibility index (Phi) is 6.85. The van der Waals surface area contributed by atoms with E-state index in [1.807, 2.05) is 12.1 Å². The number of rotatable bonds is 7. The monoisotopic (exact) mass is 478 g/mol. The summed E-state index contributed by atoms with van der Waals surface area (Å²) in [6.07, 6.45) is 3.83. The van der Waals surface area contributed by atoms with E-state index in [1.54, 1.807) is 0 Å². The summed E-state index contributed by atoms with van der Waals surface area (Å²) in [5, 5.41) is 4.41. The van der Waals surface area contributed by atoms with Crippen molar-refractivity contribution in [3.05, 3.63) is 76.9 Å². The Morgan fingerprint density at radius 2 is 1.18 bits per heavy atom. The van der Waals surface area contributed by atoms with Crippen LogP contribution in [0.3, 0.4) is 0 Å². The molecule has 0 aliphatic carbocycles. The molecule has 0 aliphatic rings. The van der Waals surface area contributed by atoms with E-state index >= 15 is 0 Å². The molecule has 0 unspecified atom stereocenters. The fraction of sp³-hybridized carbons (Fsp3) is 0.286. The summed E-state index contributed by atoms with van der Waals surface area (Å²) >= 11 is 0. The lowest BCUT2D eigenvalue weighted by Crippen LogP contribution is -1.96. The van der Waals surface area contributed by atoms with E-state index in [0.717, 1.165) is 53.0 Å². The van der Waals surface area contributed by atoms with Crippen molar-refractivity contribution in [1.82, 2.24) is 0 Å². The molecule has 0 spiro atoms. The van der Waals surface area contributed by atoms with Gasteiger partial charge < -0.3 is 0 Å². The smallest absolute Gasteiger partial charge is 0.277 e. The molecule has 0 atom stereocenters. The number of hydrogen-bond acceptors (Lipinski definition) is 3. The number of aryl methyl sites for hydroxylation is 4. The highest BCUT2D eigenvalue weighted by Crippen LogP contribution is 2.41. The molecule has 0 amide bonds. The van der Waals surface area contributed by atoms with Gasteiger partial charge in [0.15, 0.2) is 0 Å². The highest BCUT2D eigenvalue weighted by molar-refractivity contribution is 8.70. The van der Waals surface area contributed by atoms with Gasteiger partial charge in [0.25, 0.3) is 0 Å². The highest BCUT2D eigenvalue weighted by Gasteiger charge is 2.18. The van der Waals surface area contributed by atoms with Crippen LogP contribution in [0.1, 0.15) is 49.9 Å². The fourth-order valence-electron chi connectivity index (χ4n) is 4.79. The molecule has 33 heavy (non-hydrogen) atoms. The standard InChI is InChI=1S/C28H30O3S2/c1-5-18-13-22-9-10-24(16-25(22)15-20(18)7-3)28-26-17-21(8-4)19(6-2)14-23(26)11-12-27(28)32-33(29,30)31/h9-17H,5-8H2,1-4H3,(H,29,30,31). The summed E-state index contributed by atoms with van der Waals surface area (Å²) in [5.41, 5.74) is 7.09. The quantitative estimate of drug-likeness (QED) is 0.217. The normalized spacial score (nSPS) is 12.0. The van der Waals surface area contributed by atoms with Gasteiger partial charge in [-0.15, -0.1) is 0 Å². The van der Waals surface area contributed by atoms with Crippen molar-refractivity contribution < 1.29 is 13.0 Å². The lowest BCUT2D eigenvalue weighted by atomic mass is 9.91. The Balaban J connectivity index is 2.04. The van der Waals surface area contributed by atoms with E-state index in [1.165, 1.54) is 27.6 Å². The van der Waals surface area contributed by atoms with Crippen LogP contribution in [0.2, 0.25) is 0 Å². The Labute approximate surface area is 200 Å². The van der Waals surface area contributed by atoms with Crippen LogP contribution < -0.4 is 0 Å². The summed E-state index contributed by atoms with van der Waals surface area (Å²) in [5.74, 6) is 0. The molecule has 0 aliphatic heterocycles. The highest BCUT2D eigenvalue weighted by atomic mass is 33.1. The molecule has 4 aromatic rings. The molecular weight excluding hydrogens is 448 g/mol. The summed E-state index contributed by atoms with van der Waals surface area (Å²) < 4.78 is 33.3. The Morgan fingerprint density at radius 1 is 0.667 bits per heavy atom. The number of hydrogen-bond donors (Lipinski definition) is 1. The van der Waals surface area contributed by atoms with Crippen molar-refractivity contribution >= 4 is 41.5 Å². The van der Waals surface area contributed by atoms with Crippen molar-refractivity contribution in [2.24, 2.45) is 0 Å². The molecule has 0 aromatic heterocycles. The van der Waals surface area contributed by atoms with Gasteiger partial charge in [0.05, 0.1) is 0 Å². The maximum atomic E-state index is 11.8. The summed E-state index contributed by atoms with van der Waals surface area (Å²) in [6, 6.07) is 19.0. The van der Waals surface area contributed by atoms with Gasteiger partial charge in [-0.1, -0.05) is 70.2 Å². The molecule has 5 heteroatoms. The third-order valence-corrected chi connectivity index (χ3v) is 8.37. The van der Waals surface area contributed by atoms with Crippen LogP contribution >= 0.6 is 10.8 Å². The second-order valence-corrected chi connectivity index (χ2v) is 11.6. The Bertz CT molecular complexity index is 1450. The van der Waals surface area contributed by atoms with Crippen molar-refractivity contribution in [2.75, 3.05) is 0 Å². The van der Waals surface area contributed by atoms with Gasteiger partial charge in [-0.05, 0) is 87.2 Å². The van der Waals surface area contributed by atoms with Gasteiger partial charge in [-0.2, -0.15) is 8.42 Å². The fourth-order valence-corrected chi connectivity index (χ4v) is 6.55. The van der Waals surface area contributed by atoms with E-state index < -0.39 is 9.15 Å². The molecule has 3 nitrogen and oxygen atoms in total. The molecule has 4 aromatic carbocycles. The minimum atomic E-state index is -4.25. The molecule has 0 fully saturated rings. The maximum absolute atomic E-state index is 11.8. The van der Waals surface area contributed by atoms with Gasteiger partial charge in [-0.25, -0.2) is 0 Å². The van der Waals surface area contributed by atoms with E-state index in [9.17, 15) is 13.0 Å². The van der Waals surface area contributed by atoms with Gasteiger partial charge >= 0.3 is 9.15 Å². The molecule has 0 bridgehead atoms. The Hall–Kier alpha value is -2.34. The number of benzene rings is 4. The molecule has 0 saturated heterocycles. The molecule has 0 radical (unpaired) electrons. The third-order valence-electron chi connectivity index (χ3n) is 6.47. The zero-order valence-electron chi connectivity index (χ0n) is 19.6. The first kappa shape index (κ1) is 23.8. The van der Waals surface area contributed by atoms with Gasteiger partial charge in [0.1, 0.15) is 0 Å². The van der Waals surface area contributed by atoms with Gasteiger partial charge in [-0.3, -0.25) is 4.55 Å². The first-order chi connectivity index (χ1) is 15.8. The SMILES string of the molecule is CCc1cc2ccc(-c3c(SS(=O)(=O)O)ccc4cc(CC)c(CC)cc34)cc2cc1CC. The van der Waals surface area contributed by atoms with Crippen molar-refractivity contribution in [2.45, 2.75) is 58.3 Å². The second-order valence-electron chi connectivity index (χ2n) is 8.39. The zero-order valence-corrected chi connectivity index (χ0v) is 21.2. The largest absolute Gasteiger partial charge is 0.324 e. The first-order valence-electron chi connectivity index (χ1n) is 11.6. The van der Waals surface area contributed by atoms with Crippen LogP contribution in [-0.2, 0) is 34.8 Å². The minimum absolute atomic E-state index is 0.507. The van der Waals surface area contributed by atoms with E-state index in [-0.39, 0.29) is 0 Å². The average molecular weight is 479 g/mol. The van der Waals surface area contributed by atoms with E-state index in [0.29, 0.717) is 15.7 Å². The van der Waals surface area contributed by atoms with Gasteiger partial charge in [0.2, 0.25) is 0 Å². The topological polar surface area (TPSA) is 54.4 Å². The van der Waals surface area contributed by atoms with Crippen molar-refractivity contribution in [1.29, 1.82) is 0 Å². The summed E-state index contributed by atoms with van der Waals surface area (Å²) in [7, 11) is -3.74.